The van der Waals surface area contributed by atoms with Gasteiger partial charge in [-0.05, 0) is 31.6 Å². The summed E-state index contributed by atoms with van der Waals surface area (Å²) in [7, 11) is 0. The quantitative estimate of drug-likeness (QED) is 0.762. The maximum absolute atomic E-state index is 11.7. The van der Waals surface area contributed by atoms with E-state index in [1.165, 1.54) is 12.8 Å². The number of hydrogen-bond donors (Lipinski definition) is 2. The number of hydrogen-bond acceptors (Lipinski definition) is 2. The van der Waals surface area contributed by atoms with E-state index in [4.69, 9.17) is 5.73 Å². The van der Waals surface area contributed by atoms with E-state index in [2.05, 4.69) is 5.32 Å². The second-order valence-electron chi connectivity index (χ2n) is 4.81. The number of carbonyl (C=O) groups excluding carboxylic acids is 2. The zero-order valence-electron chi connectivity index (χ0n) is 9.89. The van der Waals surface area contributed by atoms with E-state index in [1.54, 1.807) is 11.1 Å². The van der Waals surface area contributed by atoms with Crippen molar-refractivity contribution in [2.45, 2.75) is 25.7 Å². The molecule has 1 heterocycles. The molecule has 1 saturated heterocycles. The third-order valence-electron chi connectivity index (χ3n) is 3.38. The fourth-order valence-electron chi connectivity index (χ4n) is 2.00. The predicted molar refractivity (Wildman–Crippen MR) is 63.9 cm³/mol. The molecule has 0 aromatic heterocycles. The van der Waals surface area contributed by atoms with Crippen LogP contribution in [0.15, 0.2) is 12.3 Å². The van der Waals surface area contributed by atoms with Gasteiger partial charge in [-0.25, -0.2) is 4.79 Å². The predicted octanol–water partition coefficient (Wildman–Crippen LogP) is 0.817. The molecule has 17 heavy (non-hydrogen) atoms. The largest absolute Gasteiger partial charge is 0.369 e. The number of likely N-dealkylation sites (tertiary alicyclic amines) is 1. The third kappa shape index (κ3) is 3.47. The lowest BCUT2D eigenvalue weighted by atomic mass is 9.96. The van der Waals surface area contributed by atoms with Gasteiger partial charge in [0.05, 0.1) is 0 Å². The number of piperidine rings is 1. The highest BCUT2D eigenvalue weighted by Gasteiger charge is 2.25. The maximum Gasteiger partial charge on any atom is 0.321 e. The van der Waals surface area contributed by atoms with E-state index in [1.807, 2.05) is 6.08 Å². The number of nitrogens with zero attached hydrogens (tertiary/aromatic N) is 1. The van der Waals surface area contributed by atoms with Crippen LogP contribution in [0.4, 0.5) is 4.79 Å². The zero-order chi connectivity index (χ0) is 12.3. The Labute approximate surface area is 101 Å². The molecule has 1 aliphatic carbocycles. The minimum absolute atomic E-state index is 0.0685. The average Bonchev–Trinajstić information content (AvgIpc) is 3.13. The summed E-state index contributed by atoms with van der Waals surface area (Å²) < 4.78 is 0. The molecule has 1 aliphatic heterocycles. The number of allylic oxidation sites excluding steroid dienone is 1. The first-order chi connectivity index (χ1) is 8.16. The van der Waals surface area contributed by atoms with Gasteiger partial charge in [-0.15, -0.1) is 0 Å². The molecular weight excluding hydrogens is 218 g/mol. The molecule has 5 nitrogen and oxygen atoms in total. The monoisotopic (exact) mass is 237 g/mol. The lowest BCUT2D eigenvalue weighted by Crippen LogP contribution is -2.45. The smallest absolute Gasteiger partial charge is 0.321 e. The molecule has 0 spiro atoms. The molecule has 1 saturated carbocycles. The molecule has 0 aromatic rings. The first-order valence-electron chi connectivity index (χ1n) is 6.18. The fourth-order valence-corrected chi connectivity index (χ4v) is 2.00. The Kier molecular flexibility index (Phi) is 3.66. The van der Waals surface area contributed by atoms with Crippen molar-refractivity contribution < 1.29 is 9.59 Å². The molecule has 0 atom stereocenters. The number of nitrogens with one attached hydrogen (secondary N) is 1. The van der Waals surface area contributed by atoms with E-state index >= 15 is 0 Å². The standard InChI is InChI=1S/C12H19N3O2/c13-11(16)10-4-7-15(8-5-10)12(17)14-6-3-9-1-2-9/h3,6,9-10H,1-2,4-5,7-8H2,(H2,13,16)(H,14,17)/b6-3+. The van der Waals surface area contributed by atoms with Crippen LogP contribution in [0.1, 0.15) is 25.7 Å². The first-order valence-corrected chi connectivity index (χ1v) is 6.18. The van der Waals surface area contributed by atoms with Gasteiger partial charge in [-0.2, -0.15) is 0 Å². The van der Waals surface area contributed by atoms with Gasteiger partial charge in [0.15, 0.2) is 0 Å². The molecule has 2 fully saturated rings. The number of primary amides is 1. The van der Waals surface area contributed by atoms with E-state index in [-0.39, 0.29) is 17.9 Å². The van der Waals surface area contributed by atoms with Crippen molar-refractivity contribution in [2.75, 3.05) is 13.1 Å². The Balaban J connectivity index is 1.71. The highest BCUT2D eigenvalue weighted by Crippen LogP contribution is 2.29. The van der Waals surface area contributed by atoms with Crippen LogP contribution in [0.2, 0.25) is 0 Å². The number of nitrogens with two attached hydrogens (primary N) is 1. The highest BCUT2D eigenvalue weighted by molar-refractivity contribution is 5.78. The molecule has 3 N–H and O–H groups in total. The first kappa shape index (κ1) is 12.0. The van der Waals surface area contributed by atoms with E-state index in [0.29, 0.717) is 31.8 Å². The number of rotatable bonds is 3. The maximum atomic E-state index is 11.7. The van der Waals surface area contributed by atoms with Crippen LogP contribution in [0.3, 0.4) is 0 Å². The van der Waals surface area contributed by atoms with Crippen molar-refractivity contribution >= 4 is 11.9 Å². The van der Waals surface area contributed by atoms with Gasteiger partial charge < -0.3 is 16.0 Å². The molecule has 0 aromatic carbocycles. The number of urea groups is 1. The van der Waals surface area contributed by atoms with Crippen LogP contribution in [-0.4, -0.2) is 29.9 Å². The van der Waals surface area contributed by atoms with Crippen molar-refractivity contribution in [1.82, 2.24) is 10.2 Å². The SMILES string of the molecule is NC(=O)C1CCN(C(=O)N/C=C/C2CC2)CC1. The van der Waals surface area contributed by atoms with Crippen molar-refractivity contribution in [3.63, 3.8) is 0 Å². The Morgan fingerprint density at radius 3 is 2.35 bits per heavy atom. The molecule has 2 aliphatic rings. The van der Waals surface area contributed by atoms with Crippen molar-refractivity contribution in [1.29, 1.82) is 0 Å². The molecule has 0 bridgehead atoms. The summed E-state index contributed by atoms with van der Waals surface area (Å²) >= 11 is 0. The van der Waals surface area contributed by atoms with Gasteiger partial charge in [-0.3, -0.25) is 4.79 Å². The van der Waals surface area contributed by atoms with Gasteiger partial charge in [0.2, 0.25) is 5.91 Å². The fraction of sp³-hybridized carbons (Fsp3) is 0.667. The lowest BCUT2D eigenvalue weighted by molar-refractivity contribution is -0.122. The second kappa shape index (κ2) is 5.21. The van der Waals surface area contributed by atoms with Crippen LogP contribution < -0.4 is 11.1 Å². The Bertz CT molecular complexity index is 329. The minimum atomic E-state index is -0.251. The van der Waals surface area contributed by atoms with E-state index in [0.717, 1.165) is 0 Å². The Morgan fingerprint density at radius 2 is 1.82 bits per heavy atom. The summed E-state index contributed by atoms with van der Waals surface area (Å²) in [6.45, 7) is 1.22. The topological polar surface area (TPSA) is 75.4 Å². The van der Waals surface area contributed by atoms with Crippen LogP contribution in [0.5, 0.6) is 0 Å². The second-order valence-corrected chi connectivity index (χ2v) is 4.81. The molecule has 5 heteroatoms. The highest BCUT2D eigenvalue weighted by atomic mass is 16.2. The lowest BCUT2D eigenvalue weighted by Gasteiger charge is -2.30. The summed E-state index contributed by atoms with van der Waals surface area (Å²) in [5.74, 6) is 0.343. The Morgan fingerprint density at radius 1 is 1.18 bits per heavy atom. The van der Waals surface area contributed by atoms with Crippen LogP contribution in [0.25, 0.3) is 0 Å². The summed E-state index contributed by atoms with van der Waals surface area (Å²) in [6.07, 6.45) is 7.59. The van der Waals surface area contributed by atoms with Crippen molar-refractivity contribution in [3.05, 3.63) is 12.3 Å². The molecule has 0 radical (unpaired) electrons. The summed E-state index contributed by atoms with van der Waals surface area (Å²) in [5, 5.41) is 2.76. The van der Waals surface area contributed by atoms with Gasteiger partial charge in [-0.1, -0.05) is 6.08 Å². The van der Waals surface area contributed by atoms with Gasteiger partial charge in [0.25, 0.3) is 0 Å². The average molecular weight is 237 g/mol. The summed E-state index contributed by atoms with van der Waals surface area (Å²) in [5.41, 5.74) is 5.24. The minimum Gasteiger partial charge on any atom is -0.369 e. The van der Waals surface area contributed by atoms with Crippen LogP contribution in [-0.2, 0) is 4.79 Å². The molecular formula is C12H19N3O2. The van der Waals surface area contributed by atoms with Crippen molar-refractivity contribution in [3.8, 4) is 0 Å². The molecule has 94 valence electrons. The molecule has 3 amide bonds. The third-order valence-corrected chi connectivity index (χ3v) is 3.38. The zero-order valence-corrected chi connectivity index (χ0v) is 9.89. The van der Waals surface area contributed by atoms with Gasteiger partial charge in [0.1, 0.15) is 0 Å². The molecule has 2 rings (SSSR count). The van der Waals surface area contributed by atoms with Crippen LogP contribution in [0, 0.1) is 11.8 Å². The van der Waals surface area contributed by atoms with Crippen molar-refractivity contribution in [2.24, 2.45) is 17.6 Å². The normalized spacial score (nSPS) is 21.8. The molecule has 0 unspecified atom stereocenters. The van der Waals surface area contributed by atoms with Gasteiger partial charge >= 0.3 is 6.03 Å². The van der Waals surface area contributed by atoms with Crippen LogP contribution >= 0.6 is 0 Å². The number of amides is 3. The summed E-state index contributed by atoms with van der Waals surface area (Å²) in [6, 6.07) is -0.0789. The van der Waals surface area contributed by atoms with E-state index in [9.17, 15) is 9.59 Å². The number of carbonyl (C=O) groups is 2. The Hall–Kier alpha value is -1.52. The summed E-state index contributed by atoms with van der Waals surface area (Å²) in [4.78, 5) is 24.4. The van der Waals surface area contributed by atoms with Gasteiger partial charge in [0, 0.05) is 25.2 Å². The van der Waals surface area contributed by atoms with E-state index < -0.39 is 0 Å².